The maximum Gasteiger partial charge on any atom is 0.251 e. The number of morpholine rings is 1. The smallest absolute Gasteiger partial charge is 0.251 e. The minimum absolute atomic E-state index is 0.172. The van der Waals surface area contributed by atoms with Gasteiger partial charge in [0.1, 0.15) is 0 Å². The van der Waals surface area contributed by atoms with E-state index in [0.29, 0.717) is 31.1 Å². The number of nitrogens with zero attached hydrogens (tertiary/aromatic N) is 2. The van der Waals surface area contributed by atoms with Gasteiger partial charge >= 0.3 is 0 Å². The lowest BCUT2D eigenvalue weighted by molar-refractivity contribution is -0.0680. The van der Waals surface area contributed by atoms with Crippen molar-refractivity contribution in [3.05, 3.63) is 29.8 Å². The maximum atomic E-state index is 12.8. The van der Waals surface area contributed by atoms with Crippen molar-refractivity contribution < 1.29 is 17.9 Å². The molecule has 2 heterocycles. The highest BCUT2D eigenvalue weighted by Gasteiger charge is 2.28. The van der Waals surface area contributed by atoms with Crippen molar-refractivity contribution in [2.24, 2.45) is 5.92 Å². The Hall–Kier alpha value is -1.48. The average molecular weight is 438 g/mol. The Labute approximate surface area is 180 Å². The lowest BCUT2D eigenvalue weighted by Crippen LogP contribution is -2.46. The van der Waals surface area contributed by atoms with Crippen LogP contribution in [0.3, 0.4) is 0 Å². The third-order valence-electron chi connectivity index (χ3n) is 5.81. The normalized spacial score (nSPS) is 26.4. The number of nitrogens with one attached hydrogen (secondary N) is 1. The van der Waals surface area contributed by atoms with E-state index in [1.807, 2.05) is 0 Å². The van der Waals surface area contributed by atoms with E-state index in [4.69, 9.17) is 4.74 Å². The van der Waals surface area contributed by atoms with Crippen molar-refractivity contribution in [3.8, 4) is 0 Å². The highest BCUT2D eigenvalue weighted by molar-refractivity contribution is 7.89. The first-order chi connectivity index (χ1) is 14.3. The highest BCUT2D eigenvalue weighted by Crippen LogP contribution is 2.23. The molecule has 0 unspecified atom stereocenters. The van der Waals surface area contributed by atoms with Gasteiger partial charge in [0.15, 0.2) is 0 Å². The molecule has 0 aliphatic carbocycles. The minimum atomic E-state index is -3.49. The lowest BCUT2D eigenvalue weighted by atomic mass is 10.0. The van der Waals surface area contributed by atoms with Gasteiger partial charge in [-0.3, -0.25) is 9.69 Å². The predicted molar refractivity (Wildman–Crippen MR) is 117 cm³/mol. The second-order valence-electron chi connectivity index (χ2n) is 8.76. The average Bonchev–Trinajstić information content (AvgIpc) is 2.70. The van der Waals surface area contributed by atoms with Crippen LogP contribution in [0.2, 0.25) is 0 Å². The fourth-order valence-corrected chi connectivity index (χ4v) is 5.96. The number of hydrogen-bond donors (Lipinski definition) is 1. The van der Waals surface area contributed by atoms with Crippen molar-refractivity contribution in [1.82, 2.24) is 14.5 Å². The molecule has 2 fully saturated rings. The van der Waals surface area contributed by atoms with Crippen molar-refractivity contribution in [3.63, 3.8) is 0 Å². The van der Waals surface area contributed by atoms with Gasteiger partial charge in [-0.15, -0.1) is 0 Å². The maximum absolute atomic E-state index is 12.8. The molecular weight excluding hydrogens is 402 g/mol. The largest absolute Gasteiger partial charge is 0.373 e. The summed E-state index contributed by atoms with van der Waals surface area (Å²) in [6, 6.07) is 6.28. The third-order valence-corrected chi connectivity index (χ3v) is 7.69. The molecule has 2 aliphatic heterocycles. The standard InChI is InChI=1S/C22H35N3O4S/c1-17-6-4-13-25(14-17)30(27,28)21-9-7-20(8-10-21)22(26)23-11-5-12-24-15-18(2)29-19(3)16-24/h7-10,17-19H,4-6,11-16H2,1-3H3,(H,23,26)/t17-,18-,19-/m1/s1. The molecule has 30 heavy (non-hydrogen) atoms. The van der Waals surface area contributed by atoms with Crippen LogP contribution in [0.1, 0.15) is 50.4 Å². The zero-order valence-electron chi connectivity index (χ0n) is 18.3. The Kier molecular flexibility index (Phi) is 7.90. The molecule has 2 aliphatic rings. The summed E-state index contributed by atoms with van der Waals surface area (Å²) in [5.74, 6) is 0.205. The molecule has 2 saturated heterocycles. The van der Waals surface area contributed by atoms with Crippen LogP contribution in [-0.2, 0) is 14.8 Å². The Bertz CT molecular complexity index is 802. The predicted octanol–water partition coefficient (Wildman–Crippen LogP) is 2.34. The van der Waals surface area contributed by atoms with Gasteiger partial charge in [0.25, 0.3) is 5.91 Å². The minimum Gasteiger partial charge on any atom is -0.373 e. The molecule has 7 nitrogen and oxygen atoms in total. The topological polar surface area (TPSA) is 79.0 Å². The summed E-state index contributed by atoms with van der Waals surface area (Å²) in [4.78, 5) is 15.0. The molecule has 0 aromatic heterocycles. The summed E-state index contributed by atoms with van der Waals surface area (Å²) in [7, 11) is -3.49. The van der Waals surface area contributed by atoms with E-state index in [1.54, 1.807) is 28.6 Å². The van der Waals surface area contributed by atoms with Crippen LogP contribution in [0.15, 0.2) is 29.2 Å². The first-order valence-corrected chi connectivity index (χ1v) is 12.5. The van der Waals surface area contributed by atoms with Crippen LogP contribution in [0.25, 0.3) is 0 Å². The molecule has 1 aromatic carbocycles. The van der Waals surface area contributed by atoms with Crippen molar-refractivity contribution >= 4 is 15.9 Å². The molecule has 1 amide bonds. The van der Waals surface area contributed by atoms with Crippen LogP contribution in [0, 0.1) is 5.92 Å². The summed E-state index contributed by atoms with van der Waals surface area (Å²) in [6.45, 7) is 10.7. The molecule has 0 saturated carbocycles. The fraction of sp³-hybridized carbons (Fsp3) is 0.682. The molecule has 0 bridgehead atoms. The molecule has 0 radical (unpaired) electrons. The van der Waals surface area contributed by atoms with Crippen LogP contribution in [-0.4, -0.2) is 75.0 Å². The van der Waals surface area contributed by atoms with Gasteiger partial charge < -0.3 is 10.1 Å². The number of sulfonamides is 1. The van der Waals surface area contributed by atoms with E-state index < -0.39 is 10.0 Å². The second kappa shape index (κ2) is 10.2. The molecule has 8 heteroatoms. The van der Waals surface area contributed by atoms with Gasteiger partial charge in [-0.2, -0.15) is 4.31 Å². The second-order valence-corrected chi connectivity index (χ2v) is 10.7. The number of ether oxygens (including phenoxy) is 1. The van der Waals surface area contributed by atoms with Gasteiger partial charge in [-0.1, -0.05) is 6.92 Å². The van der Waals surface area contributed by atoms with Gasteiger partial charge in [0.2, 0.25) is 10.0 Å². The third kappa shape index (κ3) is 6.03. The number of carbonyl (C=O) groups is 1. The van der Waals surface area contributed by atoms with E-state index in [0.717, 1.165) is 38.9 Å². The Balaban J connectivity index is 1.48. The summed E-state index contributed by atoms with van der Waals surface area (Å²) < 4.78 is 33.0. The van der Waals surface area contributed by atoms with Crippen LogP contribution in [0.4, 0.5) is 0 Å². The number of rotatable bonds is 7. The zero-order chi connectivity index (χ0) is 21.7. The van der Waals surface area contributed by atoms with Gasteiger partial charge in [-0.05, 0) is 63.3 Å². The van der Waals surface area contributed by atoms with Gasteiger partial charge in [-0.25, -0.2) is 8.42 Å². The highest BCUT2D eigenvalue weighted by atomic mass is 32.2. The summed E-state index contributed by atoms with van der Waals surface area (Å²) >= 11 is 0. The first kappa shape index (κ1) is 23.2. The van der Waals surface area contributed by atoms with Crippen LogP contribution < -0.4 is 5.32 Å². The van der Waals surface area contributed by atoms with Crippen molar-refractivity contribution in [1.29, 1.82) is 0 Å². The molecule has 3 rings (SSSR count). The summed E-state index contributed by atoms with van der Waals surface area (Å²) in [5.41, 5.74) is 0.481. The Morgan fingerprint density at radius 2 is 1.77 bits per heavy atom. The van der Waals surface area contributed by atoms with Crippen LogP contribution in [0.5, 0.6) is 0 Å². The summed E-state index contributed by atoms with van der Waals surface area (Å²) in [5, 5.41) is 2.93. The number of piperidine rings is 1. The van der Waals surface area contributed by atoms with E-state index in [2.05, 4.69) is 31.0 Å². The SMILES string of the molecule is C[C@@H]1CCCN(S(=O)(=O)c2ccc(C(=O)NCCCN3C[C@@H](C)O[C@H](C)C3)cc2)C1. The van der Waals surface area contributed by atoms with Crippen molar-refractivity contribution in [2.45, 2.75) is 57.1 Å². The zero-order valence-corrected chi connectivity index (χ0v) is 19.2. The number of benzene rings is 1. The van der Waals surface area contributed by atoms with E-state index in [1.165, 1.54) is 0 Å². The van der Waals surface area contributed by atoms with E-state index in [9.17, 15) is 13.2 Å². The number of amides is 1. The van der Waals surface area contributed by atoms with Crippen LogP contribution >= 0.6 is 0 Å². The lowest BCUT2D eigenvalue weighted by Gasteiger charge is -2.35. The quantitative estimate of drug-likeness (QED) is 0.663. The fourth-order valence-electron chi connectivity index (χ4n) is 4.37. The Morgan fingerprint density at radius 3 is 2.40 bits per heavy atom. The molecule has 1 N–H and O–H groups in total. The molecule has 168 valence electrons. The number of carbonyl (C=O) groups excluding carboxylic acids is 1. The molecule has 1 aromatic rings. The first-order valence-electron chi connectivity index (χ1n) is 11.0. The van der Waals surface area contributed by atoms with Gasteiger partial charge in [0, 0.05) is 44.8 Å². The summed E-state index contributed by atoms with van der Waals surface area (Å²) in [6.07, 6.45) is 3.31. The molecular formula is C22H35N3O4S. The monoisotopic (exact) mass is 437 g/mol. The number of hydrogen-bond acceptors (Lipinski definition) is 5. The Morgan fingerprint density at radius 1 is 1.10 bits per heavy atom. The van der Waals surface area contributed by atoms with E-state index in [-0.39, 0.29) is 23.0 Å². The van der Waals surface area contributed by atoms with Crippen molar-refractivity contribution in [2.75, 3.05) is 39.3 Å². The van der Waals surface area contributed by atoms with E-state index >= 15 is 0 Å². The molecule has 3 atom stereocenters. The molecule has 0 spiro atoms. The van der Waals surface area contributed by atoms with Gasteiger partial charge in [0.05, 0.1) is 17.1 Å².